The van der Waals surface area contributed by atoms with Crippen LogP contribution in [0, 0.1) is 11.6 Å². The number of fused-ring (bicyclic) bond motifs is 1. The van der Waals surface area contributed by atoms with Gasteiger partial charge >= 0.3 is 0 Å². The van der Waals surface area contributed by atoms with E-state index in [-0.39, 0.29) is 23.1 Å². The molecule has 114 valence electrons. The van der Waals surface area contributed by atoms with Crippen molar-refractivity contribution in [2.75, 3.05) is 0 Å². The van der Waals surface area contributed by atoms with E-state index in [1.807, 2.05) is 6.92 Å². The summed E-state index contributed by atoms with van der Waals surface area (Å²) in [6, 6.07) is 4.96. The van der Waals surface area contributed by atoms with Crippen LogP contribution in [0.25, 0.3) is 11.1 Å². The van der Waals surface area contributed by atoms with Crippen LogP contribution in [0.1, 0.15) is 36.3 Å². The van der Waals surface area contributed by atoms with Crippen LogP contribution in [0.15, 0.2) is 24.3 Å². The number of ether oxygens (including phenoxy) is 1. The molecule has 1 aliphatic rings. The van der Waals surface area contributed by atoms with Gasteiger partial charge in [-0.25, -0.2) is 13.8 Å². The first-order valence-electron chi connectivity index (χ1n) is 7.12. The molecule has 0 N–H and O–H groups in total. The molecule has 0 aliphatic carbocycles. The summed E-state index contributed by atoms with van der Waals surface area (Å²) < 4.78 is 32.9. The Morgan fingerprint density at radius 2 is 2.05 bits per heavy atom. The van der Waals surface area contributed by atoms with Crippen LogP contribution in [-0.4, -0.2) is 16.9 Å². The van der Waals surface area contributed by atoms with Gasteiger partial charge in [-0.15, -0.1) is 0 Å². The average molecular weight is 303 g/mol. The minimum atomic E-state index is -0.665. The average Bonchev–Trinajstić information content (AvgIpc) is 2.45. The second kappa shape index (κ2) is 5.48. The molecule has 3 nitrogen and oxygen atoms in total. The zero-order chi connectivity index (χ0) is 15.9. The molecule has 3 rings (SSSR count). The Morgan fingerprint density at radius 3 is 2.73 bits per heavy atom. The van der Waals surface area contributed by atoms with Crippen molar-refractivity contribution in [2.45, 2.75) is 32.8 Å². The van der Waals surface area contributed by atoms with Crippen LogP contribution in [-0.2, 0) is 6.42 Å². The molecule has 1 atom stereocenters. The van der Waals surface area contributed by atoms with Crippen LogP contribution in [0.4, 0.5) is 8.78 Å². The van der Waals surface area contributed by atoms with E-state index in [2.05, 4.69) is 4.98 Å². The van der Waals surface area contributed by atoms with Crippen LogP contribution in [0.5, 0.6) is 5.88 Å². The number of nitrogens with zero attached hydrogens (tertiary/aromatic N) is 1. The molecule has 1 aromatic heterocycles. The molecule has 2 aromatic rings. The van der Waals surface area contributed by atoms with E-state index >= 15 is 0 Å². The molecule has 0 radical (unpaired) electrons. The Bertz CT molecular complexity index is 759. The molecule has 0 bridgehead atoms. The predicted octanol–water partition coefficient (Wildman–Crippen LogP) is 3.94. The molecule has 0 unspecified atom stereocenters. The van der Waals surface area contributed by atoms with Crippen LogP contribution < -0.4 is 4.74 Å². The maximum atomic E-state index is 14.1. The summed E-state index contributed by atoms with van der Waals surface area (Å²) in [5, 5.41) is 0. The Morgan fingerprint density at radius 1 is 1.27 bits per heavy atom. The summed E-state index contributed by atoms with van der Waals surface area (Å²) >= 11 is 0. The third-order valence-corrected chi connectivity index (χ3v) is 3.78. The highest BCUT2D eigenvalue weighted by atomic mass is 19.1. The van der Waals surface area contributed by atoms with E-state index in [1.54, 1.807) is 6.07 Å². The highest BCUT2D eigenvalue weighted by Gasteiger charge is 2.24. The van der Waals surface area contributed by atoms with Crippen molar-refractivity contribution >= 4 is 5.78 Å². The van der Waals surface area contributed by atoms with Crippen LogP contribution in [0.3, 0.4) is 0 Å². The first kappa shape index (κ1) is 14.6. The van der Waals surface area contributed by atoms with E-state index in [9.17, 15) is 13.6 Å². The molecule has 0 fully saturated rings. The summed E-state index contributed by atoms with van der Waals surface area (Å²) in [5.74, 6) is -1.17. The fraction of sp³-hybridized carbons (Fsp3) is 0.294. The van der Waals surface area contributed by atoms with Crippen molar-refractivity contribution in [1.82, 2.24) is 4.98 Å². The Labute approximate surface area is 126 Å². The normalized spacial score (nSPS) is 16.8. The van der Waals surface area contributed by atoms with E-state index in [4.69, 9.17) is 4.74 Å². The maximum absolute atomic E-state index is 14.1. The lowest BCUT2D eigenvalue weighted by Crippen LogP contribution is -2.21. The number of hydrogen-bond donors (Lipinski definition) is 0. The number of Topliss-reactive ketones (excluding diaryl/α,β-unsaturated/α-hetero) is 1. The maximum Gasteiger partial charge on any atom is 0.218 e. The van der Waals surface area contributed by atoms with Gasteiger partial charge in [0.15, 0.2) is 5.78 Å². The number of aromatic nitrogens is 1. The summed E-state index contributed by atoms with van der Waals surface area (Å²) in [7, 11) is 0. The molecule has 0 saturated heterocycles. The fourth-order valence-electron chi connectivity index (χ4n) is 2.61. The molecule has 0 spiro atoms. The largest absolute Gasteiger partial charge is 0.474 e. The molecule has 5 heteroatoms. The topological polar surface area (TPSA) is 39.2 Å². The third kappa shape index (κ3) is 2.58. The first-order chi connectivity index (χ1) is 10.5. The third-order valence-electron chi connectivity index (χ3n) is 3.78. The lowest BCUT2D eigenvalue weighted by Gasteiger charge is -2.25. The van der Waals surface area contributed by atoms with Crippen molar-refractivity contribution in [3.05, 3.63) is 47.2 Å². The number of carbonyl (C=O) groups is 1. The van der Waals surface area contributed by atoms with Gasteiger partial charge in [-0.1, -0.05) is 0 Å². The molecule has 0 amide bonds. The molecular weight excluding hydrogens is 288 g/mol. The Kier molecular flexibility index (Phi) is 3.64. The first-order valence-corrected chi connectivity index (χ1v) is 7.12. The molecule has 22 heavy (non-hydrogen) atoms. The van der Waals surface area contributed by atoms with E-state index in [0.29, 0.717) is 17.9 Å². The van der Waals surface area contributed by atoms with E-state index in [0.717, 1.165) is 18.1 Å². The van der Waals surface area contributed by atoms with Crippen molar-refractivity contribution in [3.8, 4) is 17.0 Å². The summed E-state index contributed by atoms with van der Waals surface area (Å²) in [6.45, 7) is 3.31. The van der Waals surface area contributed by atoms with Gasteiger partial charge in [0.05, 0.1) is 6.10 Å². The van der Waals surface area contributed by atoms with Crippen molar-refractivity contribution < 1.29 is 18.3 Å². The van der Waals surface area contributed by atoms with Gasteiger partial charge in [-0.2, -0.15) is 0 Å². The number of rotatable bonds is 2. The smallest absolute Gasteiger partial charge is 0.218 e. The summed E-state index contributed by atoms with van der Waals surface area (Å²) in [4.78, 5) is 15.9. The van der Waals surface area contributed by atoms with Gasteiger partial charge in [-0.05, 0) is 43.5 Å². The van der Waals surface area contributed by atoms with Gasteiger partial charge in [0, 0.05) is 24.1 Å². The van der Waals surface area contributed by atoms with E-state index in [1.165, 1.54) is 19.1 Å². The molecule has 1 aliphatic heterocycles. The molecular formula is C17H15F2NO2. The second-order valence-corrected chi connectivity index (χ2v) is 5.49. The highest BCUT2D eigenvalue weighted by molar-refractivity contribution is 5.94. The fourth-order valence-corrected chi connectivity index (χ4v) is 2.61. The minimum absolute atomic E-state index is 0.00637. The zero-order valence-electron chi connectivity index (χ0n) is 12.3. The van der Waals surface area contributed by atoms with Crippen molar-refractivity contribution in [2.24, 2.45) is 0 Å². The quantitative estimate of drug-likeness (QED) is 0.789. The van der Waals surface area contributed by atoms with Gasteiger partial charge < -0.3 is 4.74 Å². The SMILES string of the molecule is CC(=O)c1cc(-c2ccc(F)cc2F)c2c(n1)O[C@@H](C)CC2. The molecule has 0 saturated carbocycles. The standard InChI is InChI=1S/C17H15F2NO2/c1-9-3-5-13-14(12-6-4-11(18)7-15(12)19)8-16(10(2)21)20-17(13)22-9/h4,6-9H,3,5H2,1-2H3/t9-/m0/s1. The Hall–Kier alpha value is -2.30. The number of hydrogen-bond acceptors (Lipinski definition) is 3. The number of carbonyl (C=O) groups excluding carboxylic acids is 1. The predicted molar refractivity (Wildman–Crippen MR) is 78.0 cm³/mol. The molecule has 1 aromatic carbocycles. The Balaban J connectivity index is 2.23. The van der Waals surface area contributed by atoms with Crippen molar-refractivity contribution in [1.29, 1.82) is 0 Å². The van der Waals surface area contributed by atoms with Gasteiger partial charge in [0.25, 0.3) is 0 Å². The number of pyridine rings is 1. The number of ketones is 1. The lowest BCUT2D eigenvalue weighted by molar-refractivity contribution is 0.101. The minimum Gasteiger partial charge on any atom is -0.474 e. The second-order valence-electron chi connectivity index (χ2n) is 5.49. The van der Waals surface area contributed by atoms with Gasteiger partial charge in [0.2, 0.25) is 5.88 Å². The number of halogens is 2. The van der Waals surface area contributed by atoms with Gasteiger partial charge in [-0.3, -0.25) is 4.79 Å². The van der Waals surface area contributed by atoms with Crippen LogP contribution in [0.2, 0.25) is 0 Å². The summed E-state index contributed by atoms with van der Waals surface area (Å²) in [5.41, 5.74) is 1.76. The zero-order valence-corrected chi connectivity index (χ0v) is 12.3. The molecule has 2 heterocycles. The van der Waals surface area contributed by atoms with E-state index < -0.39 is 11.6 Å². The van der Waals surface area contributed by atoms with Gasteiger partial charge in [0.1, 0.15) is 17.3 Å². The van der Waals surface area contributed by atoms with Crippen LogP contribution >= 0.6 is 0 Å². The van der Waals surface area contributed by atoms with Crippen molar-refractivity contribution in [3.63, 3.8) is 0 Å². The lowest BCUT2D eigenvalue weighted by atomic mass is 9.94. The highest BCUT2D eigenvalue weighted by Crippen LogP contribution is 2.36. The number of benzene rings is 1. The summed E-state index contributed by atoms with van der Waals surface area (Å²) in [6.07, 6.45) is 1.45. The monoisotopic (exact) mass is 303 g/mol.